The quantitative estimate of drug-likeness (QED) is 0.101. The average Bonchev–Trinajstić information content (AvgIpc) is 3.40. The summed E-state index contributed by atoms with van der Waals surface area (Å²) in [5, 5.41) is 5.37. The van der Waals surface area contributed by atoms with Crippen molar-refractivity contribution in [3.05, 3.63) is 132 Å². The van der Waals surface area contributed by atoms with Crippen LogP contribution in [-0.4, -0.2) is 23.4 Å². The zero-order valence-electron chi connectivity index (χ0n) is 28.1. The van der Waals surface area contributed by atoms with Crippen molar-refractivity contribution in [2.45, 2.75) is 78.1 Å². The second kappa shape index (κ2) is 12.7. The van der Waals surface area contributed by atoms with E-state index in [4.69, 9.17) is 0 Å². The molecule has 0 bridgehead atoms. The van der Waals surface area contributed by atoms with Crippen LogP contribution in [0.15, 0.2) is 121 Å². The highest BCUT2D eigenvalue weighted by molar-refractivity contribution is 6.07. The third kappa shape index (κ3) is 5.50. The molecule has 0 unspecified atom stereocenters. The van der Waals surface area contributed by atoms with Gasteiger partial charge in [0.15, 0.2) is 5.71 Å². The average molecular weight is 594 g/mol. The maximum absolute atomic E-state index is 2.59. The van der Waals surface area contributed by atoms with Gasteiger partial charge in [-0.25, -0.2) is 0 Å². The Morgan fingerprint density at radius 1 is 0.644 bits per heavy atom. The Morgan fingerprint density at radius 2 is 1.29 bits per heavy atom. The summed E-state index contributed by atoms with van der Waals surface area (Å²) in [7, 11) is 0. The van der Waals surface area contributed by atoms with E-state index in [1.54, 1.807) is 0 Å². The second-order valence-electron chi connectivity index (χ2n) is 13.6. The molecule has 4 aromatic carbocycles. The van der Waals surface area contributed by atoms with Gasteiger partial charge >= 0.3 is 0 Å². The van der Waals surface area contributed by atoms with Crippen molar-refractivity contribution in [1.29, 1.82) is 0 Å². The fourth-order valence-electron chi connectivity index (χ4n) is 7.83. The SMILES string of the molecule is CCCCCC[N+]1=C(/C=C/C=C/C=C/C=C2\N(CC)c3ccc4ccccc4c3C2(C)C)C(C)(C)c2c1ccc1ccccc21. The van der Waals surface area contributed by atoms with Crippen LogP contribution in [0.2, 0.25) is 0 Å². The minimum atomic E-state index is -0.0671. The van der Waals surface area contributed by atoms with Crippen LogP contribution in [0.25, 0.3) is 21.5 Å². The van der Waals surface area contributed by atoms with E-state index in [1.807, 2.05) is 0 Å². The van der Waals surface area contributed by atoms with Crippen LogP contribution in [0.5, 0.6) is 0 Å². The number of hydrogen-bond donors (Lipinski definition) is 0. The van der Waals surface area contributed by atoms with Gasteiger partial charge in [-0.2, -0.15) is 4.58 Å². The number of allylic oxidation sites excluding steroid dienone is 8. The van der Waals surface area contributed by atoms with Gasteiger partial charge in [-0.3, -0.25) is 0 Å². The summed E-state index contributed by atoms with van der Waals surface area (Å²) in [5.41, 5.74) is 8.21. The molecule has 0 N–H and O–H groups in total. The molecular formula is C43H49N2+. The highest BCUT2D eigenvalue weighted by Gasteiger charge is 2.45. The summed E-state index contributed by atoms with van der Waals surface area (Å²) in [6, 6.07) is 26.8. The molecule has 230 valence electrons. The molecule has 45 heavy (non-hydrogen) atoms. The van der Waals surface area contributed by atoms with Crippen molar-refractivity contribution in [2.24, 2.45) is 0 Å². The van der Waals surface area contributed by atoms with Crippen LogP contribution in [0.4, 0.5) is 11.4 Å². The lowest BCUT2D eigenvalue weighted by atomic mass is 9.79. The maximum atomic E-state index is 2.59. The number of hydrogen-bond acceptors (Lipinski definition) is 1. The van der Waals surface area contributed by atoms with Crippen molar-refractivity contribution in [3.8, 4) is 0 Å². The van der Waals surface area contributed by atoms with Gasteiger partial charge in [-0.15, -0.1) is 0 Å². The van der Waals surface area contributed by atoms with Crippen molar-refractivity contribution >= 4 is 38.6 Å². The zero-order valence-corrected chi connectivity index (χ0v) is 28.1. The van der Waals surface area contributed by atoms with Crippen LogP contribution in [0.1, 0.15) is 78.4 Å². The van der Waals surface area contributed by atoms with Crippen LogP contribution in [0.3, 0.4) is 0 Å². The van der Waals surface area contributed by atoms with Gasteiger partial charge < -0.3 is 4.90 Å². The first kappa shape index (κ1) is 30.8. The van der Waals surface area contributed by atoms with E-state index in [0.717, 1.165) is 13.1 Å². The molecule has 0 aromatic heterocycles. The van der Waals surface area contributed by atoms with Gasteiger partial charge in [-0.05, 0) is 72.5 Å². The lowest BCUT2D eigenvalue weighted by molar-refractivity contribution is -0.438. The van der Waals surface area contributed by atoms with Crippen LogP contribution >= 0.6 is 0 Å². The van der Waals surface area contributed by atoms with Gasteiger partial charge in [0.2, 0.25) is 5.69 Å². The highest BCUT2D eigenvalue weighted by atomic mass is 15.2. The van der Waals surface area contributed by atoms with Crippen molar-refractivity contribution in [2.75, 3.05) is 18.0 Å². The molecule has 0 amide bonds. The summed E-state index contributed by atoms with van der Waals surface area (Å²) >= 11 is 0. The molecule has 0 atom stereocenters. The third-order valence-electron chi connectivity index (χ3n) is 10.0. The molecule has 2 nitrogen and oxygen atoms in total. The van der Waals surface area contributed by atoms with E-state index in [0.29, 0.717) is 0 Å². The Hall–Kier alpha value is -4.17. The smallest absolute Gasteiger partial charge is 0.210 e. The van der Waals surface area contributed by atoms with Gasteiger partial charge in [0, 0.05) is 47.5 Å². The fourth-order valence-corrected chi connectivity index (χ4v) is 7.83. The summed E-state index contributed by atoms with van der Waals surface area (Å²) in [5.74, 6) is 0. The van der Waals surface area contributed by atoms with Crippen LogP contribution < -0.4 is 4.90 Å². The van der Waals surface area contributed by atoms with Gasteiger partial charge in [0.05, 0.1) is 5.41 Å². The monoisotopic (exact) mass is 593 g/mol. The minimum absolute atomic E-state index is 0.0649. The molecule has 0 aliphatic carbocycles. The second-order valence-corrected chi connectivity index (χ2v) is 13.6. The normalized spacial score (nSPS) is 18.1. The lowest BCUT2D eigenvalue weighted by Crippen LogP contribution is -2.28. The number of likely N-dealkylation sites (N-methyl/N-ethyl adjacent to an activating group) is 1. The molecule has 0 spiro atoms. The topological polar surface area (TPSA) is 6.25 Å². The van der Waals surface area contributed by atoms with Gasteiger partial charge in [0.25, 0.3) is 0 Å². The Balaban J connectivity index is 1.25. The molecule has 2 heterocycles. The molecule has 0 saturated heterocycles. The van der Waals surface area contributed by atoms with Gasteiger partial charge in [-0.1, -0.05) is 119 Å². The fraction of sp³-hybridized carbons (Fsp3) is 0.326. The summed E-state index contributed by atoms with van der Waals surface area (Å²) < 4.78 is 2.59. The third-order valence-corrected chi connectivity index (χ3v) is 10.0. The Kier molecular flexibility index (Phi) is 8.69. The number of rotatable bonds is 10. The van der Waals surface area contributed by atoms with E-state index < -0.39 is 0 Å². The molecule has 4 aromatic rings. The van der Waals surface area contributed by atoms with Crippen molar-refractivity contribution in [3.63, 3.8) is 0 Å². The molecule has 2 heteroatoms. The molecule has 2 aliphatic heterocycles. The Labute approximate surface area is 270 Å². The highest BCUT2D eigenvalue weighted by Crippen LogP contribution is 2.50. The van der Waals surface area contributed by atoms with E-state index in [9.17, 15) is 0 Å². The number of benzene rings is 4. The predicted molar refractivity (Wildman–Crippen MR) is 196 cm³/mol. The number of nitrogens with zero attached hydrogens (tertiary/aromatic N) is 2. The standard InChI is InChI=1S/C43H49N2/c1-7-9-10-20-31-45-37-30-28-33-22-17-19-24-35(33)41(37)43(5,6)39(45)26-15-13-11-12-14-25-38-42(3,4)40-34-23-18-16-21-32(34)27-29-36(40)44(38)8-2/h11-19,21-30H,7-10,20,31H2,1-6H3/q+1. The van der Waals surface area contributed by atoms with Gasteiger partial charge in [0.1, 0.15) is 6.54 Å². The zero-order chi connectivity index (χ0) is 31.6. The van der Waals surface area contributed by atoms with E-state index in [-0.39, 0.29) is 10.8 Å². The summed E-state index contributed by atoms with van der Waals surface area (Å²) in [6.45, 7) is 16.1. The molecule has 0 saturated carbocycles. The lowest BCUT2D eigenvalue weighted by Gasteiger charge is -2.26. The number of unbranched alkanes of at least 4 members (excludes halogenated alkanes) is 3. The predicted octanol–water partition coefficient (Wildman–Crippen LogP) is 11.3. The largest absolute Gasteiger partial charge is 0.344 e. The van der Waals surface area contributed by atoms with Crippen LogP contribution in [0, 0.1) is 0 Å². The van der Waals surface area contributed by atoms with Crippen LogP contribution in [-0.2, 0) is 10.8 Å². The molecule has 6 rings (SSSR count). The molecule has 0 radical (unpaired) electrons. The summed E-state index contributed by atoms with van der Waals surface area (Å²) in [4.78, 5) is 2.48. The van der Waals surface area contributed by atoms with E-state index >= 15 is 0 Å². The van der Waals surface area contributed by atoms with Crippen molar-refractivity contribution < 1.29 is 4.58 Å². The molecule has 0 fully saturated rings. The van der Waals surface area contributed by atoms with E-state index in [2.05, 4.69) is 166 Å². The Bertz CT molecular complexity index is 1870. The number of anilines is 1. The minimum Gasteiger partial charge on any atom is -0.344 e. The first-order valence-electron chi connectivity index (χ1n) is 17.0. The summed E-state index contributed by atoms with van der Waals surface area (Å²) in [6.07, 6.45) is 20.6. The first-order chi connectivity index (χ1) is 21.8. The van der Waals surface area contributed by atoms with E-state index in [1.165, 1.54) is 81.1 Å². The maximum Gasteiger partial charge on any atom is 0.210 e. The first-order valence-corrected chi connectivity index (χ1v) is 17.0. The molecular weight excluding hydrogens is 544 g/mol. The Morgan fingerprint density at radius 3 is 2.00 bits per heavy atom. The molecule has 2 aliphatic rings. The number of fused-ring (bicyclic) bond motifs is 6. The van der Waals surface area contributed by atoms with Crippen molar-refractivity contribution in [1.82, 2.24) is 0 Å².